The Hall–Kier alpha value is -3.65. The molecule has 3 aromatic heterocycles. The topological polar surface area (TPSA) is 89.7 Å². The highest BCUT2D eigenvalue weighted by Gasteiger charge is 2.10. The molecule has 1 aromatic carbocycles. The van der Waals surface area contributed by atoms with Gasteiger partial charge in [0.15, 0.2) is 10.6 Å². The maximum Gasteiger partial charge on any atom is 0.315 e. The summed E-state index contributed by atoms with van der Waals surface area (Å²) in [4.78, 5) is 29.3. The SMILES string of the molecule is Cc1csc(=NC(=O)c2ccco2)n1Cc1ccc(C(=O)NCc2ccco2)cc1. The van der Waals surface area contributed by atoms with E-state index in [0.29, 0.717) is 29.2 Å². The van der Waals surface area contributed by atoms with Crippen LogP contribution in [-0.2, 0) is 13.1 Å². The van der Waals surface area contributed by atoms with Gasteiger partial charge < -0.3 is 18.7 Å². The summed E-state index contributed by atoms with van der Waals surface area (Å²) in [5.74, 6) is 0.318. The fourth-order valence-electron chi connectivity index (χ4n) is 2.86. The summed E-state index contributed by atoms with van der Waals surface area (Å²) in [7, 11) is 0. The third-order valence-corrected chi connectivity index (χ3v) is 5.46. The number of thiazole rings is 1. The van der Waals surface area contributed by atoms with Gasteiger partial charge in [-0.2, -0.15) is 4.99 Å². The molecular formula is C22H19N3O4S. The first-order valence-corrected chi connectivity index (χ1v) is 10.1. The van der Waals surface area contributed by atoms with Crippen LogP contribution in [0.3, 0.4) is 0 Å². The lowest BCUT2D eigenvalue weighted by Crippen LogP contribution is -2.22. The van der Waals surface area contributed by atoms with Gasteiger partial charge in [0.2, 0.25) is 0 Å². The van der Waals surface area contributed by atoms with E-state index >= 15 is 0 Å². The Balaban J connectivity index is 1.47. The van der Waals surface area contributed by atoms with E-state index in [1.54, 1.807) is 36.6 Å². The Labute approximate surface area is 176 Å². The predicted molar refractivity (Wildman–Crippen MR) is 111 cm³/mol. The summed E-state index contributed by atoms with van der Waals surface area (Å²) in [6, 6.07) is 14.2. The monoisotopic (exact) mass is 421 g/mol. The van der Waals surface area contributed by atoms with Gasteiger partial charge in [0, 0.05) is 16.6 Å². The molecule has 7 nitrogen and oxygen atoms in total. The average Bonchev–Trinajstić information content (AvgIpc) is 3.52. The molecule has 0 saturated heterocycles. The fraction of sp³-hybridized carbons (Fsp3) is 0.136. The highest BCUT2D eigenvalue weighted by Crippen LogP contribution is 2.10. The molecule has 2 amide bonds. The highest BCUT2D eigenvalue weighted by atomic mass is 32.1. The number of aryl methyl sites for hydroxylation is 1. The van der Waals surface area contributed by atoms with Crippen molar-refractivity contribution in [3.05, 3.63) is 99.6 Å². The largest absolute Gasteiger partial charge is 0.467 e. The quantitative estimate of drug-likeness (QED) is 0.513. The van der Waals surface area contributed by atoms with E-state index in [9.17, 15) is 9.59 Å². The van der Waals surface area contributed by atoms with Gasteiger partial charge in [-0.25, -0.2) is 0 Å². The lowest BCUT2D eigenvalue weighted by Gasteiger charge is -2.08. The van der Waals surface area contributed by atoms with Crippen molar-refractivity contribution < 1.29 is 18.4 Å². The molecule has 0 aliphatic heterocycles. The second kappa shape index (κ2) is 8.79. The molecule has 0 aliphatic rings. The highest BCUT2D eigenvalue weighted by molar-refractivity contribution is 7.07. The first-order valence-electron chi connectivity index (χ1n) is 9.27. The van der Waals surface area contributed by atoms with Crippen LogP contribution in [0, 0.1) is 6.92 Å². The summed E-state index contributed by atoms with van der Waals surface area (Å²) in [6.45, 7) is 2.84. The lowest BCUT2D eigenvalue weighted by molar-refractivity contribution is 0.0945. The number of benzene rings is 1. The van der Waals surface area contributed by atoms with Crippen LogP contribution in [0.1, 0.15) is 37.9 Å². The van der Waals surface area contributed by atoms with Crippen molar-refractivity contribution in [2.24, 2.45) is 4.99 Å². The second-order valence-electron chi connectivity index (χ2n) is 6.60. The first-order chi connectivity index (χ1) is 14.6. The van der Waals surface area contributed by atoms with Gasteiger partial charge >= 0.3 is 5.91 Å². The molecule has 0 radical (unpaired) electrons. The van der Waals surface area contributed by atoms with E-state index in [1.165, 1.54) is 17.6 Å². The number of nitrogens with zero attached hydrogens (tertiary/aromatic N) is 2. The summed E-state index contributed by atoms with van der Waals surface area (Å²) in [6.07, 6.45) is 3.02. The third-order valence-electron chi connectivity index (χ3n) is 4.48. The molecule has 0 unspecified atom stereocenters. The van der Waals surface area contributed by atoms with Gasteiger partial charge in [-0.1, -0.05) is 12.1 Å². The van der Waals surface area contributed by atoms with Gasteiger partial charge in [-0.05, 0) is 48.9 Å². The number of carbonyl (C=O) groups is 2. The van der Waals surface area contributed by atoms with Crippen molar-refractivity contribution in [2.75, 3.05) is 0 Å². The van der Waals surface area contributed by atoms with E-state index in [2.05, 4.69) is 10.3 Å². The van der Waals surface area contributed by atoms with Crippen LogP contribution in [0.5, 0.6) is 0 Å². The number of carbonyl (C=O) groups excluding carboxylic acids is 2. The van der Waals surface area contributed by atoms with E-state index < -0.39 is 5.91 Å². The van der Waals surface area contributed by atoms with Gasteiger partial charge in [-0.3, -0.25) is 9.59 Å². The van der Waals surface area contributed by atoms with Crippen LogP contribution in [0.15, 0.2) is 80.3 Å². The molecule has 4 rings (SSSR count). The van der Waals surface area contributed by atoms with Crippen molar-refractivity contribution in [1.82, 2.24) is 9.88 Å². The van der Waals surface area contributed by atoms with Gasteiger partial charge in [-0.15, -0.1) is 11.3 Å². The molecule has 1 N–H and O–H groups in total. The summed E-state index contributed by atoms with van der Waals surface area (Å²) in [5, 5.41) is 4.77. The zero-order chi connectivity index (χ0) is 20.9. The first kappa shape index (κ1) is 19.7. The van der Waals surface area contributed by atoms with Crippen molar-refractivity contribution in [3.8, 4) is 0 Å². The smallest absolute Gasteiger partial charge is 0.315 e. The summed E-state index contributed by atoms with van der Waals surface area (Å²) < 4.78 is 12.3. The van der Waals surface area contributed by atoms with E-state index in [0.717, 1.165) is 11.3 Å². The molecule has 3 heterocycles. The van der Waals surface area contributed by atoms with Crippen LogP contribution in [-0.4, -0.2) is 16.4 Å². The Kier molecular flexibility index (Phi) is 5.76. The Morgan fingerprint density at radius 3 is 2.53 bits per heavy atom. The molecule has 0 saturated carbocycles. The fourth-order valence-corrected chi connectivity index (χ4v) is 3.74. The number of rotatable bonds is 6. The minimum atomic E-state index is -0.417. The van der Waals surface area contributed by atoms with Crippen LogP contribution >= 0.6 is 11.3 Å². The maximum atomic E-state index is 12.3. The van der Waals surface area contributed by atoms with Crippen LogP contribution in [0.25, 0.3) is 0 Å². The molecule has 0 atom stereocenters. The zero-order valence-corrected chi connectivity index (χ0v) is 17.0. The van der Waals surface area contributed by atoms with Gasteiger partial charge in [0.1, 0.15) is 5.76 Å². The molecule has 30 heavy (non-hydrogen) atoms. The van der Waals surface area contributed by atoms with Crippen LogP contribution in [0.2, 0.25) is 0 Å². The van der Waals surface area contributed by atoms with Crippen LogP contribution in [0.4, 0.5) is 0 Å². The molecule has 0 bridgehead atoms. The van der Waals surface area contributed by atoms with E-state index in [4.69, 9.17) is 8.83 Å². The van der Waals surface area contributed by atoms with E-state index in [1.807, 2.05) is 35.1 Å². The number of nitrogens with one attached hydrogen (secondary N) is 1. The Bertz CT molecular complexity index is 1200. The minimum absolute atomic E-state index is 0.169. The molecule has 0 fully saturated rings. The molecule has 8 heteroatoms. The molecule has 152 valence electrons. The average molecular weight is 421 g/mol. The van der Waals surface area contributed by atoms with Gasteiger partial charge in [0.25, 0.3) is 5.91 Å². The summed E-state index contributed by atoms with van der Waals surface area (Å²) >= 11 is 1.40. The van der Waals surface area contributed by atoms with Crippen LogP contribution < -0.4 is 10.1 Å². The Morgan fingerprint density at radius 1 is 1.07 bits per heavy atom. The number of hydrogen-bond donors (Lipinski definition) is 1. The number of amides is 2. The molecule has 4 aromatic rings. The Morgan fingerprint density at radius 2 is 1.83 bits per heavy atom. The lowest BCUT2D eigenvalue weighted by atomic mass is 10.1. The zero-order valence-electron chi connectivity index (χ0n) is 16.2. The normalized spacial score (nSPS) is 11.6. The molecular weight excluding hydrogens is 402 g/mol. The molecule has 0 spiro atoms. The van der Waals surface area contributed by atoms with Gasteiger partial charge in [0.05, 0.1) is 25.6 Å². The predicted octanol–water partition coefficient (Wildman–Crippen LogP) is 3.76. The number of furan rings is 2. The van der Waals surface area contributed by atoms with E-state index in [-0.39, 0.29) is 11.7 Å². The third kappa shape index (κ3) is 4.49. The van der Waals surface area contributed by atoms with Crippen molar-refractivity contribution in [2.45, 2.75) is 20.0 Å². The standard InChI is InChI=1S/C22H19N3O4S/c1-15-14-30-22(24-21(27)19-5-3-11-29-19)25(15)13-16-6-8-17(9-7-16)20(26)23-12-18-4-2-10-28-18/h2-11,14H,12-13H2,1H3,(H,23,26). The van der Waals surface area contributed by atoms with Crippen molar-refractivity contribution in [3.63, 3.8) is 0 Å². The number of hydrogen-bond acceptors (Lipinski definition) is 5. The molecule has 0 aliphatic carbocycles. The second-order valence-corrected chi connectivity index (χ2v) is 7.44. The summed E-state index contributed by atoms with van der Waals surface area (Å²) in [5.41, 5.74) is 2.55. The van der Waals surface area contributed by atoms with Crippen molar-refractivity contribution >= 4 is 23.2 Å². The van der Waals surface area contributed by atoms with Crippen molar-refractivity contribution in [1.29, 1.82) is 0 Å². The maximum absolute atomic E-state index is 12.3. The number of aromatic nitrogens is 1. The minimum Gasteiger partial charge on any atom is -0.467 e.